The van der Waals surface area contributed by atoms with Crippen molar-refractivity contribution >= 4 is 10.0 Å². The number of para-hydroxylation sites is 1. The Morgan fingerprint density at radius 2 is 1.74 bits per heavy atom. The van der Waals surface area contributed by atoms with Gasteiger partial charge in [-0.3, -0.25) is 9.88 Å². The number of hydrogen-bond donors (Lipinski definition) is 0. The topological polar surface area (TPSA) is 81.2 Å². The summed E-state index contributed by atoms with van der Waals surface area (Å²) in [6.07, 6.45) is -3.53. The van der Waals surface area contributed by atoms with Gasteiger partial charge in [-0.1, -0.05) is 30.3 Å². The molecule has 0 aliphatic carbocycles. The first-order valence-corrected chi connectivity index (χ1v) is 13.4. The number of rotatable bonds is 11. The van der Waals surface area contributed by atoms with Crippen LogP contribution in [0.2, 0.25) is 0 Å². The fourth-order valence-electron chi connectivity index (χ4n) is 3.96. The van der Waals surface area contributed by atoms with Crippen LogP contribution in [-0.2, 0) is 27.8 Å². The molecule has 0 radical (unpaired) electrons. The summed E-state index contributed by atoms with van der Waals surface area (Å²) >= 11 is 0. The fourth-order valence-corrected chi connectivity index (χ4v) is 5.48. The van der Waals surface area contributed by atoms with Gasteiger partial charge in [0.1, 0.15) is 23.0 Å². The highest BCUT2D eigenvalue weighted by Crippen LogP contribution is 2.32. The molecular formula is C26H28F3N3O5S. The molecule has 0 unspecified atom stereocenters. The van der Waals surface area contributed by atoms with Crippen molar-refractivity contribution in [3.63, 3.8) is 0 Å². The molecule has 204 valence electrons. The Morgan fingerprint density at radius 1 is 0.974 bits per heavy atom. The molecule has 0 saturated carbocycles. The number of pyridine rings is 1. The summed E-state index contributed by atoms with van der Waals surface area (Å²) < 4.78 is 82.7. The molecule has 1 aliphatic heterocycles. The number of morpholine rings is 1. The lowest BCUT2D eigenvalue weighted by Crippen LogP contribution is -2.38. The van der Waals surface area contributed by atoms with E-state index in [4.69, 9.17) is 9.47 Å². The van der Waals surface area contributed by atoms with Crippen molar-refractivity contribution in [2.75, 3.05) is 39.5 Å². The summed E-state index contributed by atoms with van der Waals surface area (Å²) in [5, 5.41) is 0. The maximum Gasteiger partial charge on any atom is 0.573 e. The number of ether oxygens (including phenoxy) is 3. The average molecular weight is 552 g/mol. The van der Waals surface area contributed by atoms with Crippen molar-refractivity contribution in [2.45, 2.75) is 24.3 Å². The van der Waals surface area contributed by atoms with Crippen molar-refractivity contribution < 1.29 is 35.8 Å². The van der Waals surface area contributed by atoms with Crippen molar-refractivity contribution in [3.8, 4) is 11.5 Å². The number of alkyl halides is 3. The molecule has 1 fully saturated rings. The number of halogens is 3. The van der Waals surface area contributed by atoms with E-state index in [1.54, 1.807) is 42.5 Å². The summed E-state index contributed by atoms with van der Waals surface area (Å²) in [7, 11) is -4.44. The van der Waals surface area contributed by atoms with Crippen molar-refractivity contribution in [1.29, 1.82) is 0 Å². The van der Waals surface area contributed by atoms with E-state index < -0.39 is 27.0 Å². The minimum atomic E-state index is -5.05. The van der Waals surface area contributed by atoms with Crippen LogP contribution in [0.3, 0.4) is 0 Å². The molecule has 8 nitrogen and oxygen atoms in total. The fraction of sp³-hybridized carbons (Fsp3) is 0.346. The van der Waals surface area contributed by atoms with E-state index in [1.165, 1.54) is 18.3 Å². The summed E-state index contributed by atoms with van der Waals surface area (Å²) in [5.74, 6) is -0.238. The predicted molar refractivity (Wildman–Crippen MR) is 133 cm³/mol. The Bertz CT molecular complexity index is 1290. The second-order valence-electron chi connectivity index (χ2n) is 8.54. The molecular weight excluding hydrogens is 523 g/mol. The number of nitrogens with zero attached hydrogens (tertiary/aromatic N) is 3. The zero-order valence-corrected chi connectivity index (χ0v) is 21.3. The highest BCUT2D eigenvalue weighted by molar-refractivity contribution is 7.89. The molecule has 0 spiro atoms. The first-order valence-electron chi connectivity index (χ1n) is 12.0. The molecule has 0 atom stereocenters. The molecule has 1 aliphatic rings. The second kappa shape index (κ2) is 12.6. The van der Waals surface area contributed by atoms with Crippen LogP contribution >= 0.6 is 0 Å². The molecule has 1 aromatic heterocycles. The van der Waals surface area contributed by atoms with Gasteiger partial charge in [0.25, 0.3) is 0 Å². The number of hydrogen-bond acceptors (Lipinski definition) is 7. The van der Waals surface area contributed by atoms with E-state index in [-0.39, 0.29) is 13.1 Å². The molecule has 4 rings (SSSR count). The monoisotopic (exact) mass is 551 g/mol. The van der Waals surface area contributed by atoms with E-state index in [0.29, 0.717) is 36.8 Å². The summed E-state index contributed by atoms with van der Waals surface area (Å²) in [6.45, 7) is 3.93. The molecule has 3 aromatic rings. The lowest BCUT2D eigenvalue weighted by molar-refractivity contribution is -0.275. The molecule has 0 N–H and O–H groups in total. The van der Waals surface area contributed by atoms with E-state index in [1.807, 2.05) is 0 Å². The summed E-state index contributed by atoms with van der Waals surface area (Å²) in [5.41, 5.74) is 1.03. The zero-order valence-electron chi connectivity index (χ0n) is 20.5. The minimum Gasteiger partial charge on any atom is -0.492 e. The third-order valence-electron chi connectivity index (χ3n) is 5.79. The van der Waals surface area contributed by atoms with Gasteiger partial charge in [-0.2, -0.15) is 4.31 Å². The second-order valence-corrected chi connectivity index (χ2v) is 10.4. The van der Waals surface area contributed by atoms with E-state index in [9.17, 15) is 21.6 Å². The van der Waals surface area contributed by atoms with Crippen LogP contribution in [0.4, 0.5) is 13.2 Å². The summed E-state index contributed by atoms with van der Waals surface area (Å²) in [4.78, 5) is 5.84. The van der Waals surface area contributed by atoms with Gasteiger partial charge in [-0.25, -0.2) is 8.42 Å². The van der Waals surface area contributed by atoms with Crippen molar-refractivity contribution in [3.05, 3.63) is 84.2 Å². The van der Waals surface area contributed by atoms with Gasteiger partial charge < -0.3 is 14.2 Å². The van der Waals surface area contributed by atoms with Crippen LogP contribution in [0, 0.1) is 0 Å². The van der Waals surface area contributed by atoms with Crippen LogP contribution in [0.1, 0.15) is 11.3 Å². The molecule has 0 bridgehead atoms. The van der Waals surface area contributed by atoms with Crippen molar-refractivity contribution in [1.82, 2.24) is 14.2 Å². The molecule has 1 saturated heterocycles. The van der Waals surface area contributed by atoms with Crippen LogP contribution in [-0.4, -0.2) is 68.4 Å². The lowest BCUT2D eigenvalue weighted by Gasteiger charge is -2.26. The third kappa shape index (κ3) is 7.90. The first kappa shape index (κ1) is 27.8. The summed E-state index contributed by atoms with van der Waals surface area (Å²) in [6, 6.07) is 16.7. The van der Waals surface area contributed by atoms with E-state index in [2.05, 4.69) is 14.6 Å². The Labute approximate surface area is 219 Å². The predicted octanol–water partition coefficient (Wildman–Crippen LogP) is 4.08. The highest BCUT2D eigenvalue weighted by atomic mass is 32.2. The van der Waals surface area contributed by atoms with Gasteiger partial charge in [0.2, 0.25) is 10.0 Å². The SMILES string of the molecule is O=S(=O)(c1ccccc1OC(F)(F)F)N(Cc1cccc(OCCN2CCOCC2)c1)Cc1ccccn1. The van der Waals surface area contributed by atoms with Crippen LogP contribution in [0.15, 0.2) is 77.8 Å². The van der Waals surface area contributed by atoms with Gasteiger partial charge in [-0.05, 0) is 42.0 Å². The maximum atomic E-state index is 13.7. The van der Waals surface area contributed by atoms with Gasteiger partial charge in [0.15, 0.2) is 0 Å². The van der Waals surface area contributed by atoms with Gasteiger partial charge >= 0.3 is 6.36 Å². The van der Waals surface area contributed by atoms with E-state index >= 15 is 0 Å². The van der Waals surface area contributed by atoms with Crippen LogP contribution in [0.25, 0.3) is 0 Å². The van der Waals surface area contributed by atoms with E-state index in [0.717, 1.165) is 36.1 Å². The Hall–Kier alpha value is -3.19. The third-order valence-corrected chi connectivity index (χ3v) is 7.63. The minimum absolute atomic E-state index is 0.125. The smallest absolute Gasteiger partial charge is 0.492 e. The molecule has 2 aromatic carbocycles. The van der Waals surface area contributed by atoms with Gasteiger partial charge in [0, 0.05) is 32.4 Å². The Kier molecular flexibility index (Phi) is 9.21. The van der Waals surface area contributed by atoms with Gasteiger partial charge in [-0.15, -0.1) is 13.2 Å². The largest absolute Gasteiger partial charge is 0.573 e. The zero-order chi connectivity index (χ0) is 27.0. The van der Waals surface area contributed by atoms with Crippen molar-refractivity contribution in [2.24, 2.45) is 0 Å². The molecule has 0 amide bonds. The normalized spacial score (nSPS) is 14.9. The number of aromatic nitrogens is 1. The Morgan fingerprint density at radius 3 is 2.47 bits per heavy atom. The number of sulfonamides is 1. The molecule has 12 heteroatoms. The van der Waals surface area contributed by atoms with Crippen LogP contribution < -0.4 is 9.47 Å². The lowest BCUT2D eigenvalue weighted by atomic mass is 10.2. The standard InChI is InChI=1S/C26H28F3N3O5S/c27-26(28,29)37-24-9-1-2-10-25(24)38(33,34)32(20-22-7-3-4-11-30-22)19-21-6-5-8-23(18-21)36-17-14-31-12-15-35-16-13-31/h1-11,18H,12-17,19-20H2. The average Bonchev–Trinajstić information content (AvgIpc) is 2.89. The Balaban J connectivity index is 1.56. The molecule has 38 heavy (non-hydrogen) atoms. The highest BCUT2D eigenvalue weighted by Gasteiger charge is 2.35. The first-order chi connectivity index (χ1) is 18.2. The quantitative estimate of drug-likeness (QED) is 0.355. The molecule has 2 heterocycles. The van der Waals surface area contributed by atoms with Gasteiger partial charge in [0.05, 0.1) is 25.5 Å². The van der Waals surface area contributed by atoms with Crippen LogP contribution in [0.5, 0.6) is 11.5 Å². The number of benzene rings is 2. The maximum absolute atomic E-state index is 13.7.